The monoisotopic (exact) mass is 249 g/mol. The molecule has 2 rings (SSSR count). The first-order valence-electron chi connectivity index (χ1n) is 5.83. The number of hydrogen-bond acceptors (Lipinski definition) is 2. The van der Waals surface area contributed by atoms with Crippen LogP contribution in [0, 0.1) is 6.92 Å². The molecule has 0 radical (unpaired) electrons. The lowest BCUT2D eigenvalue weighted by molar-refractivity contribution is 0.460. The summed E-state index contributed by atoms with van der Waals surface area (Å²) >= 11 is 5.63. The molecular weight excluding hydrogens is 234 g/mol. The van der Waals surface area contributed by atoms with Crippen LogP contribution in [0.5, 0.6) is 0 Å². The van der Waals surface area contributed by atoms with Crippen molar-refractivity contribution in [3.8, 4) is 0 Å². The lowest BCUT2D eigenvalue weighted by atomic mass is 10.1. The molecule has 0 saturated carbocycles. The third-order valence-electron chi connectivity index (χ3n) is 2.69. The first-order chi connectivity index (χ1) is 8.28. The van der Waals surface area contributed by atoms with E-state index in [1.165, 1.54) is 11.1 Å². The number of halogens is 1. The van der Waals surface area contributed by atoms with E-state index in [9.17, 15) is 0 Å². The van der Waals surface area contributed by atoms with Gasteiger partial charge in [-0.05, 0) is 18.9 Å². The van der Waals surface area contributed by atoms with Crippen LogP contribution in [0.3, 0.4) is 0 Å². The van der Waals surface area contributed by atoms with Crippen molar-refractivity contribution in [2.45, 2.75) is 26.2 Å². The van der Waals surface area contributed by atoms with Gasteiger partial charge >= 0.3 is 0 Å². The van der Waals surface area contributed by atoms with Crippen LogP contribution in [-0.2, 0) is 19.3 Å². The first-order valence-corrected chi connectivity index (χ1v) is 6.36. The molecule has 0 atom stereocenters. The van der Waals surface area contributed by atoms with Crippen LogP contribution in [0.4, 0.5) is 0 Å². The summed E-state index contributed by atoms with van der Waals surface area (Å²) in [5, 5.41) is 0. The zero-order valence-electron chi connectivity index (χ0n) is 9.95. The molecular formula is C14H16ClNO. The van der Waals surface area contributed by atoms with E-state index in [0.29, 0.717) is 12.3 Å². The van der Waals surface area contributed by atoms with Gasteiger partial charge in [0.05, 0.1) is 6.20 Å². The van der Waals surface area contributed by atoms with E-state index in [1.54, 1.807) is 6.20 Å². The molecule has 0 aliphatic heterocycles. The normalized spacial score (nSPS) is 10.7. The maximum Gasteiger partial charge on any atom is 0.195 e. The Kier molecular flexibility index (Phi) is 4.21. The first kappa shape index (κ1) is 12.2. The third kappa shape index (κ3) is 3.60. The van der Waals surface area contributed by atoms with Gasteiger partial charge < -0.3 is 4.42 Å². The van der Waals surface area contributed by atoms with Crippen molar-refractivity contribution in [3.05, 3.63) is 53.2 Å². The van der Waals surface area contributed by atoms with Crippen LogP contribution in [0.25, 0.3) is 0 Å². The van der Waals surface area contributed by atoms with Crippen molar-refractivity contribution < 1.29 is 4.42 Å². The Morgan fingerprint density at radius 2 is 1.88 bits per heavy atom. The molecule has 0 aliphatic carbocycles. The largest absolute Gasteiger partial charge is 0.446 e. The summed E-state index contributed by atoms with van der Waals surface area (Å²) < 4.78 is 5.57. The minimum Gasteiger partial charge on any atom is -0.446 e. The van der Waals surface area contributed by atoms with Gasteiger partial charge in [0.1, 0.15) is 5.76 Å². The van der Waals surface area contributed by atoms with Crippen LogP contribution in [0.15, 0.2) is 34.9 Å². The van der Waals surface area contributed by atoms with E-state index >= 15 is 0 Å². The van der Waals surface area contributed by atoms with E-state index in [2.05, 4.69) is 36.2 Å². The summed E-state index contributed by atoms with van der Waals surface area (Å²) in [5.41, 5.74) is 2.61. The Balaban J connectivity index is 1.90. The molecule has 2 nitrogen and oxygen atoms in total. The molecule has 0 saturated heterocycles. The molecule has 0 spiro atoms. The van der Waals surface area contributed by atoms with Crippen molar-refractivity contribution in [1.29, 1.82) is 0 Å². The fraction of sp³-hybridized carbons (Fsp3) is 0.357. The van der Waals surface area contributed by atoms with Gasteiger partial charge in [0.25, 0.3) is 0 Å². The fourth-order valence-electron chi connectivity index (χ4n) is 1.68. The molecule has 0 unspecified atom stereocenters. The lowest BCUT2D eigenvalue weighted by Crippen LogP contribution is -1.89. The van der Waals surface area contributed by atoms with Gasteiger partial charge in [0.15, 0.2) is 5.89 Å². The minimum atomic E-state index is 0.553. The highest BCUT2D eigenvalue weighted by Crippen LogP contribution is 2.10. The summed E-state index contributed by atoms with van der Waals surface area (Å²) in [4.78, 5) is 4.18. The van der Waals surface area contributed by atoms with Gasteiger partial charge in [0.2, 0.25) is 0 Å². The van der Waals surface area contributed by atoms with Gasteiger partial charge in [-0.2, -0.15) is 0 Å². The fourth-order valence-corrected chi connectivity index (χ4v) is 1.84. The molecule has 0 bridgehead atoms. The molecule has 0 aliphatic rings. The van der Waals surface area contributed by atoms with Crippen LogP contribution in [-0.4, -0.2) is 10.9 Å². The molecule has 17 heavy (non-hydrogen) atoms. The topological polar surface area (TPSA) is 26.0 Å². The highest BCUT2D eigenvalue weighted by molar-refractivity contribution is 6.17. The molecule has 1 aromatic carbocycles. The van der Waals surface area contributed by atoms with Crippen LogP contribution in [0.2, 0.25) is 0 Å². The van der Waals surface area contributed by atoms with Crippen LogP contribution < -0.4 is 0 Å². The minimum absolute atomic E-state index is 0.553. The highest BCUT2D eigenvalue weighted by Gasteiger charge is 2.03. The number of nitrogens with zero attached hydrogens (tertiary/aromatic N) is 1. The number of rotatable bonds is 5. The number of alkyl halides is 1. The third-order valence-corrected chi connectivity index (χ3v) is 2.88. The summed E-state index contributed by atoms with van der Waals surface area (Å²) in [6.07, 6.45) is 4.37. The number of aryl methyl sites for hydroxylation is 4. The number of hydrogen-bond donors (Lipinski definition) is 0. The number of aromatic nitrogens is 1. The van der Waals surface area contributed by atoms with E-state index < -0.39 is 0 Å². The summed E-state index contributed by atoms with van der Waals surface area (Å²) in [7, 11) is 0. The van der Waals surface area contributed by atoms with Gasteiger partial charge in [0, 0.05) is 18.7 Å². The Morgan fingerprint density at radius 1 is 1.12 bits per heavy atom. The van der Waals surface area contributed by atoms with Gasteiger partial charge in [-0.25, -0.2) is 4.98 Å². The second-order valence-corrected chi connectivity index (χ2v) is 4.52. The Bertz CT molecular complexity index is 461. The molecule has 1 heterocycles. The van der Waals surface area contributed by atoms with Crippen molar-refractivity contribution in [1.82, 2.24) is 4.98 Å². The summed E-state index contributed by atoms with van der Waals surface area (Å²) in [6, 6.07) is 8.58. The van der Waals surface area contributed by atoms with Crippen LogP contribution in [0.1, 0.15) is 22.8 Å². The van der Waals surface area contributed by atoms with E-state index in [-0.39, 0.29) is 0 Å². The smallest absolute Gasteiger partial charge is 0.195 e. The molecule has 0 N–H and O–H groups in total. The Labute approximate surface area is 107 Å². The highest BCUT2D eigenvalue weighted by atomic mass is 35.5. The predicted octanol–water partition coefficient (Wildman–Crippen LogP) is 3.55. The zero-order valence-corrected chi connectivity index (χ0v) is 10.7. The average molecular weight is 250 g/mol. The van der Waals surface area contributed by atoms with E-state index in [1.807, 2.05) is 0 Å². The standard InChI is InChI=1S/C14H16ClNO/c1-11-2-4-12(5-3-11)6-7-13-10-16-14(17-13)8-9-15/h2-5,10H,6-9H2,1H3. The lowest BCUT2D eigenvalue weighted by Gasteiger charge is -1.99. The quantitative estimate of drug-likeness (QED) is 0.758. The van der Waals surface area contributed by atoms with E-state index in [4.69, 9.17) is 16.0 Å². The molecule has 0 amide bonds. The Morgan fingerprint density at radius 3 is 2.59 bits per heavy atom. The summed E-state index contributed by atoms with van der Waals surface area (Å²) in [6.45, 7) is 2.10. The summed E-state index contributed by atoms with van der Waals surface area (Å²) in [5.74, 6) is 2.22. The maximum absolute atomic E-state index is 5.63. The van der Waals surface area contributed by atoms with Crippen molar-refractivity contribution in [2.24, 2.45) is 0 Å². The van der Waals surface area contributed by atoms with Crippen molar-refractivity contribution in [3.63, 3.8) is 0 Å². The van der Waals surface area contributed by atoms with Crippen molar-refractivity contribution in [2.75, 3.05) is 5.88 Å². The second-order valence-electron chi connectivity index (χ2n) is 4.14. The SMILES string of the molecule is Cc1ccc(CCc2cnc(CCCl)o2)cc1. The zero-order chi connectivity index (χ0) is 12.1. The number of benzene rings is 1. The van der Waals surface area contributed by atoms with Gasteiger partial charge in [-0.1, -0.05) is 29.8 Å². The van der Waals surface area contributed by atoms with E-state index in [0.717, 1.165) is 24.5 Å². The van der Waals surface area contributed by atoms with Gasteiger partial charge in [-0.3, -0.25) is 0 Å². The van der Waals surface area contributed by atoms with Crippen LogP contribution >= 0.6 is 11.6 Å². The number of oxazole rings is 1. The molecule has 3 heteroatoms. The molecule has 2 aromatic rings. The molecule has 0 fully saturated rings. The average Bonchev–Trinajstić information content (AvgIpc) is 2.77. The molecule has 1 aromatic heterocycles. The predicted molar refractivity (Wildman–Crippen MR) is 69.5 cm³/mol. The maximum atomic E-state index is 5.63. The van der Waals surface area contributed by atoms with Gasteiger partial charge in [-0.15, -0.1) is 11.6 Å². The second kappa shape index (κ2) is 5.87. The molecule has 90 valence electrons. The Hall–Kier alpha value is -1.28. The van der Waals surface area contributed by atoms with Crippen molar-refractivity contribution >= 4 is 11.6 Å².